The maximum Gasteiger partial charge on any atom is 0.180 e. The van der Waals surface area contributed by atoms with E-state index in [1.807, 2.05) is 0 Å². The molecule has 2 aromatic carbocycles. The number of hydrogen-bond donors (Lipinski definition) is 1. The third kappa shape index (κ3) is 4.22. The first-order valence-corrected chi connectivity index (χ1v) is 9.70. The Bertz CT molecular complexity index is 836. The molecular weight excluding hydrogens is 369 g/mol. The summed E-state index contributed by atoms with van der Waals surface area (Å²) in [4.78, 5) is 0.282. The number of benzene rings is 2. The van der Waals surface area contributed by atoms with Crippen LogP contribution in [-0.4, -0.2) is 20.7 Å². The molecule has 0 bridgehead atoms. The van der Waals surface area contributed by atoms with E-state index >= 15 is 0 Å². The number of halogens is 2. The number of ether oxygens (including phenoxy) is 1. The number of nitrogens with one attached hydrogen (secondary N) is 1. The molecule has 0 atom stereocenters. The molecular formula is C17H19Cl2NO3S. The smallest absolute Gasteiger partial charge is 0.180 e. The largest absolute Gasteiger partial charge is 0.457 e. The van der Waals surface area contributed by atoms with Gasteiger partial charge < -0.3 is 10.1 Å². The molecule has 0 heterocycles. The molecule has 0 unspecified atom stereocenters. The molecule has 0 radical (unpaired) electrons. The van der Waals surface area contributed by atoms with Gasteiger partial charge in [-0.2, -0.15) is 0 Å². The van der Waals surface area contributed by atoms with Gasteiger partial charge in [-0.1, -0.05) is 23.2 Å². The summed E-state index contributed by atoms with van der Waals surface area (Å²) in [6.07, 6.45) is 0. The van der Waals surface area contributed by atoms with Gasteiger partial charge in [-0.25, -0.2) is 8.42 Å². The van der Waals surface area contributed by atoms with Gasteiger partial charge in [0, 0.05) is 18.2 Å². The van der Waals surface area contributed by atoms with E-state index in [-0.39, 0.29) is 4.90 Å². The molecule has 0 aliphatic carbocycles. The Labute approximate surface area is 152 Å². The molecule has 0 saturated heterocycles. The Hall–Kier alpha value is -1.27. The molecule has 7 heteroatoms. The zero-order valence-electron chi connectivity index (χ0n) is 13.6. The van der Waals surface area contributed by atoms with Gasteiger partial charge in [-0.15, -0.1) is 0 Å². The summed E-state index contributed by atoms with van der Waals surface area (Å²) in [5.74, 6) is 1.09. The van der Waals surface area contributed by atoms with Crippen LogP contribution in [0.25, 0.3) is 0 Å². The minimum Gasteiger partial charge on any atom is -0.457 e. The minimum absolute atomic E-state index is 0.282. The highest BCUT2D eigenvalue weighted by molar-refractivity contribution is 7.92. The predicted molar refractivity (Wildman–Crippen MR) is 98.1 cm³/mol. The fourth-order valence-electron chi connectivity index (χ4n) is 2.10. The van der Waals surface area contributed by atoms with E-state index in [1.165, 1.54) is 0 Å². The van der Waals surface area contributed by atoms with Gasteiger partial charge in [-0.05, 0) is 51.2 Å². The third-order valence-corrected chi connectivity index (χ3v) is 6.36. The van der Waals surface area contributed by atoms with E-state index in [0.29, 0.717) is 28.1 Å². The standard InChI is InChI=1S/C17H19Cl2NO3S/c1-11(2)24(21,22)14-5-7-17(12(8-14)10-20-3)23-13-4-6-15(18)16(19)9-13/h4-9,11,20H,10H2,1-3H3. The molecule has 24 heavy (non-hydrogen) atoms. The zero-order valence-corrected chi connectivity index (χ0v) is 16.0. The Morgan fingerprint density at radius 1 is 1.08 bits per heavy atom. The summed E-state index contributed by atoms with van der Waals surface area (Å²) < 4.78 is 30.5. The van der Waals surface area contributed by atoms with Gasteiger partial charge >= 0.3 is 0 Å². The molecule has 0 aliphatic rings. The van der Waals surface area contributed by atoms with Crippen LogP contribution in [0.1, 0.15) is 19.4 Å². The molecule has 0 saturated carbocycles. The Kier molecular flexibility index (Phi) is 6.15. The lowest BCUT2D eigenvalue weighted by Gasteiger charge is -2.14. The first-order chi connectivity index (χ1) is 11.3. The molecule has 2 aromatic rings. The van der Waals surface area contributed by atoms with Gasteiger partial charge in [0.2, 0.25) is 0 Å². The molecule has 2 rings (SSSR count). The van der Waals surface area contributed by atoms with Gasteiger partial charge in [0.1, 0.15) is 11.5 Å². The van der Waals surface area contributed by atoms with Crippen LogP contribution in [0.15, 0.2) is 41.3 Å². The molecule has 0 aliphatic heterocycles. The molecule has 0 aromatic heterocycles. The Morgan fingerprint density at radius 2 is 1.79 bits per heavy atom. The van der Waals surface area contributed by atoms with Crippen molar-refractivity contribution in [1.29, 1.82) is 0 Å². The summed E-state index contributed by atoms with van der Waals surface area (Å²) in [7, 11) is -1.56. The van der Waals surface area contributed by atoms with Crippen LogP contribution in [-0.2, 0) is 16.4 Å². The SMILES string of the molecule is CNCc1cc(S(=O)(=O)C(C)C)ccc1Oc1ccc(Cl)c(Cl)c1. The summed E-state index contributed by atoms with van der Waals surface area (Å²) in [6, 6.07) is 9.82. The maximum absolute atomic E-state index is 12.3. The maximum atomic E-state index is 12.3. The lowest BCUT2D eigenvalue weighted by atomic mass is 10.2. The summed E-state index contributed by atoms with van der Waals surface area (Å²) >= 11 is 11.9. The molecule has 130 valence electrons. The average Bonchev–Trinajstić information content (AvgIpc) is 2.52. The zero-order chi connectivity index (χ0) is 17.9. The van der Waals surface area contributed by atoms with Crippen molar-refractivity contribution in [2.24, 2.45) is 0 Å². The normalized spacial score (nSPS) is 11.8. The van der Waals surface area contributed by atoms with Crippen molar-refractivity contribution in [3.8, 4) is 11.5 Å². The molecule has 4 nitrogen and oxygen atoms in total. The quantitative estimate of drug-likeness (QED) is 0.780. The van der Waals surface area contributed by atoms with E-state index in [2.05, 4.69) is 5.32 Å². The van der Waals surface area contributed by atoms with E-state index in [1.54, 1.807) is 57.3 Å². The monoisotopic (exact) mass is 387 g/mol. The van der Waals surface area contributed by atoms with Crippen molar-refractivity contribution >= 4 is 33.0 Å². The van der Waals surface area contributed by atoms with Gasteiger partial charge in [0.15, 0.2) is 9.84 Å². The molecule has 0 amide bonds. The highest BCUT2D eigenvalue weighted by atomic mass is 35.5. The highest BCUT2D eigenvalue weighted by Crippen LogP contribution is 2.32. The Morgan fingerprint density at radius 3 is 2.38 bits per heavy atom. The van der Waals surface area contributed by atoms with E-state index < -0.39 is 15.1 Å². The summed E-state index contributed by atoms with van der Waals surface area (Å²) in [6.45, 7) is 3.79. The second-order valence-electron chi connectivity index (χ2n) is 5.57. The van der Waals surface area contributed by atoms with Gasteiger partial charge in [0.05, 0.1) is 20.2 Å². The number of sulfone groups is 1. The van der Waals surface area contributed by atoms with Crippen LogP contribution in [0.5, 0.6) is 11.5 Å². The lowest BCUT2D eigenvalue weighted by Crippen LogP contribution is -2.15. The van der Waals surface area contributed by atoms with Crippen LogP contribution < -0.4 is 10.1 Å². The average molecular weight is 388 g/mol. The van der Waals surface area contributed by atoms with Crippen molar-refractivity contribution in [2.45, 2.75) is 30.5 Å². The van der Waals surface area contributed by atoms with Crippen LogP contribution in [0.3, 0.4) is 0 Å². The van der Waals surface area contributed by atoms with E-state index in [4.69, 9.17) is 27.9 Å². The van der Waals surface area contributed by atoms with E-state index in [9.17, 15) is 8.42 Å². The topological polar surface area (TPSA) is 55.4 Å². The fraction of sp³-hybridized carbons (Fsp3) is 0.294. The molecule has 0 spiro atoms. The first kappa shape index (κ1) is 19.1. The van der Waals surface area contributed by atoms with Crippen LogP contribution in [0.2, 0.25) is 10.0 Å². The number of rotatable bonds is 6. The van der Waals surface area contributed by atoms with Crippen molar-refractivity contribution < 1.29 is 13.2 Å². The van der Waals surface area contributed by atoms with E-state index in [0.717, 1.165) is 5.56 Å². The second kappa shape index (κ2) is 7.74. The van der Waals surface area contributed by atoms with Crippen molar-refractivity contribution in [3.05, 3.63) is 52.0 Å². The highest BCUT2D eigenvalue weighted by Gasteiger charge is 2.20. The second-order valence-corrected chi connectivity index (χ2v) is 8.89. The van der Waals surface area contributed by atoms with Gasteiger partial charge in [-0.3, -0.25) is 0 Å². The van der Waals surface area contributed by atoms with Crippen LogP contribution >= 0.6 is 23.2 Å². The first-order valence-electron chi connectivity index (χ1n) is 7.40. The molecule has 1 N–H and O–H groups in total. The van der Waals surface area contributed by atoms with Crippen LogP contribution in [0, 0.1) is 0 Å². The molecule has 0 fully saturated rings. The minimum atomic E-state index is -3.34. The predicted octanol–water partition coefficient (Wildman–Crippen LogP) is 4.69. The Balaban J connectivity index is 2.41. The van der Waals surface area contributed by atoms with Gasteiger partial charge in [0.25, 0.3) is 0 Å². The number of hydrogen-bond acceptors (Lipinski definition) is 4. The van der Waals surface area contributed by atoms with Crippen molar-refractivity contribution in [3.63, 3.8) is 0 Å². The lowest BCUT2D eigenvalue weighted by molar-refractivity contribution is 0.473. The van der Waals surface area contributed by atoms with Crippen LogP contribution in [0.4, 0.5) is 0 Å². The third-order valence-electron chi connectivity index (χ3n) is 3.47. The summed E-state index contributed by atoms with van der Waals surface area (Å²) in [5.41, 5.74) is 0.741. The fourth-order valence-corrected chi connectivity index (χ4v) is 3.50. The van der Waals surface area contributed by atoms with Crippen molar-refractivity contribution in [2.75, 3.05) is 7.05 Å². The summed E-state index contributed by atoms with van der Waals surface area (Å²) in [5, 5.41) is 3.37. The van der Waals surface area contributed by atoms with Crippen molar-refractivity contribution in [1.82, 2.24) is 5.32 Å².